The fourth-order valence-electron chi connectivity index (χ4n) is 2.70. The number of carbonyl (C=O) groups is 2. The van der Waals surface area contributed by atoms with Gasteiger partial charge in [0.05, 0.1) is 5.92 Å². The molecule has 0 radical (unpaired) electrons. The summed E-state index contributed by atoms with van der Waals surface area (Å²) in [5.74, 6) is -1.43. The van der Waals surface area contributed by atoms with E-state index in [4.69, 9.17) is 0 Å². The van der Waals surface area contributed by atoms with E-state index in [-0.39, 0.29) is 17.2 Å². The van der Waals surface area contributed by atoms with Gasteiger partial charge in [0.25, 0.3) is 5.91 Å². The third-order valence-corrected chi connectivity index (χ3v) is 3.94. The van der Waals surface area contributed by atoms with Crippen LogP contribution in [0.2, 0.25) is 0 Å². The number of hydrogen-bond donors (Lipinski definition) is 3. The lowest BCUT2D eigenvalue weighted by Crippen LogP contribution is -2.44. The number of amides is 2. The number of hydrogen-bond acceptors (Lipinski definition) is 3. The monoisotopic (exact) mass is 346 g/mol. The number of benzene rings is 3. The Hall–Kier alpha value is -3.60. The second-order valence-corrected chi connectivity index (χ2v) is 5.75. The van der Waals surface area contributed by atoms with Crippen molar-refractivity contribution in [2.24, 2.45) is 0 Å². The zero-order chi connectivity index (χ0) is 18.4. The first kappa shape index (κ1) is 17.2. The van der Waals surface area contributed by atoms with Crippen LogP contribution >= 0.6 is 0 Å². The van der Waals surface area contributed by atoms with Gasteiger partial charge in [0.2, 0.25) is 5.91 Å². The van der Waals surface area contributed by atoms with Crippen molar-refractivity contribution < 1.29 is 14.7 Å². The predicted molar refractivity (Wildman–Crippen MR) is 98.4 cm³/mol. The molecule has 0 fully saturated rings. The van der Waals surface area contributed by atoms with Gasteiger partial charge in [0, 0.05) is 5.56 Å². The Labute approximate surface area is 151 Å². The number of rotatable bonds is 4. The van der Waals surface area contributed by atoms with E-state index in [0.717, 1.165) is 11.1 Å². The summed E-state index contributed by atoms with van der Waals surface area (Å²) in [5, 5.41) is 9.46. The van der Waals surface area contributed by atoms with Crippen molar-refractivity contribution in [3.63, 3.8) is 0 Å². The quantitative estimate of drug-likeness (QED) is 0.636. The molecule has 0 saturated carbocycles. The average molecular weight is 346 g/mol. The number of hydrazine groups is 1. The molecule has 0 unspecified atom stereocenters. The number of carbonyl (C=O) groups excluding carboxylic acids is 2. The van der Waals surface area contributed by atoms with Crippen LogP contribution in [0.25, 0.3) is 0 Å². The number of aromatic hydroxyl groups is 1. The van der Waals surface area contributed by atoms with Gasteiger partial charge < -0.3 is 5.11 Å². The SMILES string of the molecule is O=C(NNC(=O)C(c1ccccc1)c1ccccc1)c1cccc(O)c1. The minimum atomic E-state index is -0.554. The molecule has 26 heavy (non-hydrogen) atoms. The van der Waals surface area contributed by atoms with E-state index < -0.39 is 11.8 Å². The molecule has 5 nitrogen and oxygen atoms in total. The second-order valence-electron chi connectivity index (χ2n) is 5.75. The number of phenolic OH excluding ortho intramolecular Hbond substituents is 1. The summed E-state index contributed by atoms with van der Waals surface area (Å²) >= 11 is 0. The topological polar surface area (TPSA) is 78.4 Å². The minimum absolute atomic E-state index is 0.0181. The highest BCUT2D eigenvalue weighted by Gasteiger charge is 2.23. The van der Waals surface area contributed by atoms with E-state index in [1.807, 2.05) is 60.7 Å². The maximum Gasteiger partial charge on any atom is 0.269 e. The van der Waals surface area contributed by atoms with E-state index in [1.54, 1.807) is 12.1 Å². The van der Waals surface area contributed by atoms with Gasteiger partial charge in [-0.05, 0) is 29.3 Å². The van der Waals surface area contributed by atoms with Crippen molar-refractivity contribution in [1.29, 1.82) is 0 Å². The van der Waals surface area contributed by atoms with Gasteiger partial charge >= 0.3 is 0 Å². The molecule has 0 heterocycles. The molecule has 0 saturated heterocycles. The summed E-state index contributed by atoms with van der Waals surface area (Å²) in [6.07, 6.45) is 0. The summed E-state index contributed by atoms with van der Waals surface area (Å²) in [6, 6.07) is 24.6. The Kier molecular flexibility index (Phi) is 5.29. The van der Waals surface area contributed by atoms with E-state index in [2.05, 4.69) is 10.9 Å². The van der Waals surface area contributed by atoms with Gasteiger partial charge in [-0.25, -0.2) is 0 Å². The first-order chi connectivity index (χ1) is 12.6. The van der Waals surface area contributed by atoms with Crippen LogP contribution in [0.15, 0.2) is 84.9 Å². The van der Waals surface area contributed by atoms with Gasteiger partial charge in [0.15, 0.2) is 0 Å². The third kappa shape index (κ3) is 4.08. The lowest BCUT2D eigenvalue weighted by atomic mass is 9.91. The van der Waals surface area contributed by atoms with Crippen LogP contribution in [0.5, 0.6) is 5.75 Å². The van der Waals surface area contributed by atoms with Crippen molar-refractivity contribution in [2.75, 3.05) is 0 Å². The standard InChI is InChI=1S/C21H18N2O3/c24-18-13-7-12-17(14-18)20(25)22-23-21(26)19(15-8-3-1-4-9-15)16-10-5-2-6-11-16/h1-14,19,24H,(H,22,25)(H,23,26). The highest BCUT2D eigenvalue weighted by atomic mass is 16.3. The third-order valence-electron chi connectivity index (χ3n) is 3.94. The summed E-state index contributed by atoms with van der Waals surface area (Å²) in [5.41, 5.74) is 6.77. The van der Waals surface area contributed by atoms with E-state index in [0.29, 0.717) is 0 Å². The highest BCUT2D eigenvalue weighted by molar-refractivity contribution is 5.96. The summed E-state index contributed by atoms with van der Waals surface area (Å²) in [6.45, 7) is 0. The van der Waals surface area contributed by atoms with Gasteiger partial charge in [-0.15, -0.1) is 0 Å². The van der Waals surface area contributed by atoms with Crippen molar-refractivity contribution >= 4 is 11.8 Å². The van der Waals surface area contributed by atoms with Gasteiger partial charge in [0.1, 0.15) is 5.75 Å². The molecule has 3 rings (SSSR count). The molecule has 5 heteroatoms. The molecule has 130 valence electrons. The fourth-order valence-corrected chi connectivity index (χ4v) is 2.70. The molecule has 0 aliphatic heterocycles. The Morgan fingerprint density at radius 3 is 1.85 bits per heavy atom. The molecule has 0 atom stereocenters. The molecule has 3 aromatic rings. The molecule has 3 aromatic carbocycles. The van der Waals surface area contributed by atoms with Crippen molar-refractivity contribution in [3.05, 3.63) is 102 Å². The van der Waals surface area contributed by atoms with Crippen molar-refractivity contribution in [2.45, 2.75) is 5.92 Å². The van der Waals surface area contributed by atoms with E-state index >= 15 is 0 Å². The van der Waals surface area contributed by atoms with E-state index in [9.17, 15) is 14.7 Å². The molecule has 0 spiro atoms. The Morgan fingerprint density at radius 1 is 0.731 bits per heavy atom. The van der Waals surface area contributed by atoms with Crippen LogP contribution < -0.4 is 10.9 Å². The summed E-state index contributed by atoms with van der Waals surface area (Å²) < 4.78 is 0. The Balaban J connectivity index is 1.77. The molecule has 3 N–H and O–H groups in total. The van der Waals surface area contributed by atoms with Gasteiger partial charge in [-0.1, -0.05) is 66.7 Å². The predicted octanol–water partition coefficient (Wildman–Crippen LogP) is 2.99. The summed E-state index contributed by atoms with van der Waals surface area (Å²) in [7, 11) is 0. The lowest BCUT2D eigenvalue weighted by molar-refractivity contribution is -0.122. The second kappa shape index (κ2) is 7.98. The fraction of sp³-hybridized carbons (Fsp3) is 0.0476. The molecule has 0 bridgehead atoms. The van der Waals surface area contributed by atoms with Crippen LogP contribution in [-0.2, 0) is 4.79 Å². The minimum Gasteiger partial charge on any atom is -0.508 e. The molecule has 0 aromatic heterocycles. The molecule has 0 aliphatic carbocycles. The largest absolute Gasteiger partial charge is 0.508 e. The maximum atomic E-state index is 12.8. The zero-order valence-corrected chi connectivity index (χ0v) is 13.9. The van der Waals surface area contributed by atoms with Crippen molar-refractivity contribution in [1.82, 2.24) is 10.9 Å². The lowest BCUT2D eigenvalue weighted by Gasteiger charge is -2.18. The first-order valence-electron chi connectivity index (χ1n) is 8.14. The van der Waals surface area contributed by atoms with Crippen LogP contribution in [0.4, 0.5) is 0 Å². The van der Waals surface area contributed by atoms with Crippen LogP contribution in [0.3, 0.4) is 0 Å². The highest BCUT2D eigenvalue weighted by Crippen LogP contribution is 2.24. The Bertz CT molecular complexity index is 856. The molecular weight excluding hydrogens is 328 g/mol. The average Bonchev–Trinajstić information content (AvgIpc) is 2.68. The summed E-state index contributed by atoms with van der Waals surface area (Å²) in [4.78, 5) is 24.9. The molecular formula is C21H18N2O3. The molecule has 2 amide bonds. The Morgan fingerprint density at radius 2 is 1.31 bits per heavy atom. The molecule has 0 aliphatic rings. The number of phenols is 1. The van der Waals surface area contributed by atoms with E-state index in [1.165, 1.54) is 12.1 Å². The first-order valence-corrected chi connectivity index (χ1v) is 8.14. The van der Waals surface area contributed by atoms with Gasteiger partial charge in [-0.2, -0.15) is 0 Å². The zero-order valence-electron chi connectivity index (χ0n) is 13.9. The maximum absolute atomic E-state index is 12.8. The smallest absolute Gasteiger partial charge is 0.269 e. The van der Waals surface area contributed by atoms with Crippen LogP contribution in [0, 0.1) is 0 Å². The number of nitrogens with one attached hydrogen (secondary N) is 2. The van der Waals surface area contributed by atoms with Gasteiger partial charge in [-0.3, -0.25) is 20.4 Å². The van der Waals surface area contributed by atoms with Crippen LogP contribution in [-0.4, -0.2) is 16.9 Å². The van der Waals surface area contributed by atoms with Crippen LogP contribution in [0.1, 0.15) is 27.4 Å². The normalized spacial score (nSPS) is 10.3. The van der Waals surface area contributed by atoms with Crippen molar-refractivity contribution in [3.8, 4) is 5.75 Å².